The molecule has 1 amide bonds. The molecule has 0 bridgehead atoms. The molecule has 0 spiro atoms. The molecule has 0 aliphatic heterocycles. The van der Waals surface area contributed by atoms with Crippen molar-refractivity contribution in [2.75, 3.05) is 7.05 Å². The van der Waals surface area contributed by atoms with Gasteiger partial charge in [-0.15, -0.1) is 0 Å². The van der Waals surface area contributed by atoms with Gasteiger partial charge in [0.05, 0.1) is 0 Å². The highest BCUT2D eigenvalue weighted by Gasteiger charge is 2.48. The molecule has 1 aliphatic rings. The Morgan fingerprint density at radius 2 is 2.00 bits per heavy atom. The zero-order valence-corrected chi connectivity index (χ0v) is 16.8. The zero-order valence-electron chi connectivity index (χ0n) is 16.0. The average molecular weight is 418 g/mol. The minimum atomic E-state index is -1.18. The van der Waals surface area contributed by atoms with Gasteiger partial charge in [-0.2, -0.15) is 4.57 Å². The van der Waals surface area contributed by atoms with Gasteiger partial charge in [0.1, 0.15) is 11.1 Å². The summed E-state index contributed by atoms with van der Waals surface area (Å²) in [4.78, 5) is 38.3. The van der Waals surface area contributed by atoms with Crippen molar-refractivity contribution in [3.63, 3.8) is 0 Å². The fourth-order valence-electron chi connectivity index (χ4n) is 3.74. The maximum atomic E-state index is 13.0. The highest BCUT2D eigenvalue weighted by molar-refractivity contribution is 6.31. The first-order valence-electron chi connectivity index (χ1n) is 9.27. The minimum absolute atomic E-state index is 0.0724. The third-order valence-electron chi connectivity index (χ3n) is 5.26. The van der Waals surface area contributed by atoms with Crippen molar-refractivity contribution in [3.05, 3.63) is 64.9 Å². The van der Waals surface area contributed by atoms with Crippen molar-refractivity contribution < 1.29 is 28.8 Å². The summed E-state index contributed by atoms with van der Waals surface area (Å²) in [7, 11) is 1.53. The van der Waals surface area contributed by atoms with Gasteiger partial charge < -0.3 is 9.84 Å². The normalized spacial score (nSPS) is 18.9. The Labute approximate surface area is 173 Å². The number of carboxylic acids is 1. The van der Waals surface area contributed by atoms with E-state index >= 15 is 0 Å². The molecule has 1 heterocycles. The lowest BCUT2D eigenvalue weighted by molar-refractivity contribution is -0.727. The van der Waals surface area contributed by atoms with Crippen LogP contribution in [0.5, 0.6) is 0 Å². The molecule has 29 heavy (non-hydrogen) atoms. The number of rotatable bonds is 5. The van der Waals surface area contributed by atoms with Crippen molar-refractivity contribution >= 4 is 29.4 Å². The molecule has 1 atom stereocenters. The summed E-state index contributed by atoms with van der Waals surface area (Å²) >= 11 is 6.39. The van der Waals surface area contributed by atoms with Gasteiger partial charge in [-0.1, -0.05) is 29.8 Å². The van der Waals surface area contributed by atoms with Crippen molar-refractivity contribution in [1.82, 2.24) is 4.90 Å². The molecule has 1 N–H and O–H groups in total. The Hall–Kier alpha value is -2.93. The lowest BCUT2D eigenvalue weighted by Crippen LogP contribution is -2.55. The molecule has 0 unspecified atom stereocenters. The Bertz CT molecular complexity index is 948. The molecular weight excluding hydrogens is 396 g/mol. The summed E-state index contributed by atoms with van der Waals surface area (Å²) in [5.41, 5.74) is -0.514. The summed E-state index contributed by atoms with van der Waals surface area (Å²) in [6.07, 6.45) is 4.64. The van der Waals surface area contributed by atoms with Gasteiger partial charge in [-0.25, -0.2) is 9.59 Å². The number of amides is 1. The first-order chi connectivity index (χ1) is 13.9. The molecule has 8 heteroatoms. The Kier molecular flexibility index (Phi) is 6.17. The standard InChI is InChI=1S/C21H21ClN2O5/c1-23(20(28)29-14-24-12-6-7-15(13-24)19(26)27)21(11-5-4-10-18(21)25)16-8-2-3-9-17(16)22/h2-3,6-9,12-13H,4-5,10-11,14H2,1H3/p+1/t21-/m0/s1. The van der Waals surface area contributed by atoms with Gasteiger partial charge in [0.15, 0.2) is 18.2 Å². The Balaban J connectivity index is 1.85. The van der Waals surface area contributed by atoms with E-state index in [1.54, 1.807) is 36.5 Å². The van der Waals surface area contributed by atoms with Crippen LogP contribution in [0, 0.1) is 0 Å². The number of carboxylic acid groups (broad SMARTS) is 1. The molecule has 1 aromatic heterocycles. The van der Waals surface area contributed by atoms with Crippen LogP contribution in [0.1, 0.15) is 41.6 Å². The van der Waals surface area contributed by atoms with Gasteiger partial charge in [0, 0.05) is 30.1 Å². The molecule has 152 valence electrons. The van der Waals surface area contributed by atoms with Gasteiger partial charge in [-0.05, 0) is 31.4 Å². The number of hydrogen-bond donors (Lipinski definition) is 1. The largest absolute Gasteiger partial charge is 0.477 e. The van der Waals surface area contributed by atoms with Crippen LogP contribution in [0.2, 0.25) is 5.02 Å². The highest BCUT2D eigenvalue weighted by Crippen LogP contribution is 2.42. The van der Waals surface area contributed by atoms with E-state index in [0.717, 1.165) is 12.8 Å². The molecule has 1 fully saturated rings. The fourth-order valence-corrected chi connectivity index (χ4v) is 4.03. The number of ketones is 1. The monoisotopic (exact) mass is 417 g/mol. The van der Waals surface area contributed by atoms with E-state index in [2.05, 4.69) is 0 Å². The molecular formula is C21H22ClN2O5+. The predicted molar refractivity (Wildman–Crippen MR) is 104 cm³/mol. The summed E-state index contributed by atoms with van der Waals surface area (Å²) in [5, 5.41) is 9.50. The molecule has 2 aromatic rings. The molecule has 1 aromatic carbocycles. The van der Waals surface area contributed by atoms with Crippen LogP contribution in [0.15, 0.2) is 48.8 Å². The number of nitrogens with zero attached hydrogens (tertiary/aromatic N) is 2. The number of carbonyl (C=O) groups is 3. The number of carbonyl (C=O) groups excluding carboxylic acids is 2. The first-order valence-corrected chi connectivity index (χ1v) is 9.65. The number of likely N-dealkylation sites (N-methyl/N-ethyl adjacent to an activating group) is 1. The van der Waals surface area contributed by atoms with Crippen LogP contribution in [0.3, 0.4) is 0 Å². The van der Waals surface area contributed by atoms with Crippen molar-refractivity contribution in [3.8, 4) is 0 Å². The molecule has 7 nitrogen and oxygen atoms in total. The second-order valence-electron chi connectivity index (χ2n) is 6.98. The van der Waals surface area contributed by atoms with Crippen LogP contribution in [0.25, 0.3) is 0 Å². The Morgan fingerprint density at radius 1 is 1.24 bits per heavy atom. The highest BCUT2D eigenvalue weighted by atomic mass is 35.5. The molecule has 3 rings (SSSR count). The van der Waals surface area contributed by atoms with E-state index in [1.807, 2.05) is 0 Å². The lowest BCUT2D eigenvalue weighted by atomic mass is 9.74. The minimum Gasteiger partial charge on any atom is -0.477 e. The van der Waals surface area contributed by atoms with E-state index in [4.69, 9.17) is 21.4 Å². The Morgan fingerprint density at radius 3 is 2.69 bits per heavy atom. The number of halogens is 1. The van der Waals surface area contributed by atoms with E-state index in [9.17, 15) is 14.4 Å². The van der Waals surface area contributed by atoms with E-state index in [-0.39, 0.29) is 18.1 Å². The SMILES string of the molecule is CN(C(=O)OC[n+]1cccc(C(=O)O)c1)[C@]1(c2ccccc2Cl)CCCCC1=O. The summed E-state index contributed by atoms with van der Waals surface area (Å²) in [6.45, 7) is -0.183. The lowest BCUT2D eigenvalue weighted by Gasteiger charge is -2.43. The number of pyridine rings is 1. The summed E-state index contributed by atoms with van der Waals surface area (Å²) < 4.78 is 6.82. The van der Waals surface area contributed by atoms with Gasteiger partial charge in [-0.3, -0.25) is 9.69 Å². The van der Waals surface area contributed by atoms with Crippen LogP contribution in [-0.2, 0) is 21.8 Å². The van der Waals surface area contributed by atoms with Gasteiger partial charge in [0.2, 0.25) is 0 Å². The number of aromatic nitrogens is 1. The van der Waals surface area contributed by atoms with E-state index < -0.39 is 17.6 Å². The van der Waals surface area contributed by atoms with Crippen molar-refractivity contribution in [2.24, 2.45) is 0 Å². The van der Waals surface area contributed by atoms with E-state index in [0.29, 0.717) is 23.4 Å². The van der Waals surface area contributed by atoms with Crippen LogP contribution < -0.4 is 4.57 Å². The maximum Gasteiger partial charge on any atom is 0.415 e. The molecule has 1 saturated carbocycles. The van der Waals surface area contributed by atoms with E-state index in [1.165, 1.54) is 28.8 Å². The van der Waals surface area contributed by atoms with Crippen LogP contribution >= 0.6 is 11.6 Å². The molecule has 0 radical (unpaired) electrons. The number of aromatic carboxylic acids is 1. The van der Waals surface area contributed by atoms with Crippen molar-refractivity contribution in [1.29, 1.82) is 0 Å². The molecule has 1 aliphatic carbocycles. The summed E-state index contributed by atoms with van der Waals surface area (Å²) in [5.74, 6) is -1.15. The zero-order chi connectivity index (χ0) is 21.0. The van der Waals surface area contributed by atoms with Gasteiger partial charge in [0.25, 0.3) is 6.73 Å². The number of benzene rings is 1. The third-order valence-corrected chi connectivity index (χ3v) is 5.59. The maximum absolute atomic E-state index is 13.0. The first kappa shape index (κ1) is 20.8. The average Bonchev–Trinajstić information content (AvgIpc) is 2.73. The predicted octanol–water partition coefficient (Wildman–Crippen LogP) is 3.39. The quantitative estimate of drug-likeness (QED) is 0.753. The molecule has 0 saturated heterocycles. The number of hydrogen-bond acceptors (Lipinski definition) is 4. The van der Waals surface area contributed by atoms with Crippen molar-refractivity contribution in [2.45, 2.75) is 38.0 Å². The van der Waals surface area contributed by atoms with Gasteiger partial charge >= 0.3 is 12.1 Å². The third kappa shape index (κ3) is 4.10. The second kappa shape index (κ2) is 8.61. The topological polar surface area (TPSA) is 87.8 Å². The summed E-state index contributed by atoms with van der Waals surface area (Å²) in [6, 6.07) is 10.0. The number of ether oxygens (including phenoxy) is 1. The fraction of sp³-hybridized carbons (Fsp3) is 0.333. The van der Waals surface area contributed by atoms with Crippen LogP contribution in [0.4, 0.5) is 4.79 Å². The number of Topliss-reactive ketones (excluding diaryl/α,β-unsaturated/α-hetero) is 1. The smallest absolute Gasteiger partial charge is 0.415 e. The second-order valence-corrected chi connectivity index (χ2v) is 7.39. The van der Waals surface area contributed by atoms with Crippen LogP contribution in [-0.4, -0.2) is 34.9 Å².